The zero-order chi connectivity index (χ0) is 12.5. The third-order valence-corrected chi connectivity index (χ3v) is 3.66. The highest BCUT2D eigenvalue weighted by Crippen LogP contribution is 2.31. The Bertz CT molecular complexity index is 456. The zero-order valence-electron chi connectivity index (χ0n) is 10.4. The molecule has 1 heterocycles. The van der Waals surface area contributed by atoms with Crippen molar-refractivity contribution in [3.63, 3.8) is 0 Å². The number of carbonyl (C=O) groups excluding carboxylic acids is 1. The van der Waals surface area contributed by atoms with Gasteiger partial charge in [-0.15, -0.1) is 0 Å². The Hall–Kier alpha value is -1.55. The molecule has 0 aromatic heterocycles. The molecule has 1 amide bonds. The van der Waals surface area contributed by atoms with Crippen LogP contribution in [0.1, 0.15) is 30.9 Å². The van der Waals surface area contributed by atoms with Crippen LogP contribution in [0.4, 0.5) is 5.69 Å². The van der Waals surface area contributed by atoms with Gasteiger partial charge in [-0.25, -0.2) is 0 Å². The van der Waals surface area contributed by atoms with Crippen LogP contribution in [-0.4, -0.2) is 25.0 Å². The standard InChI is InChI=1S/C14H19N3O/c15-12-7-8-17(9-14(18)16-10-5-6-10)13-4-2-1-3-11(12)13/h1-4,10,12H,5-9,15H2,(H,16,18). The Labute approximate surface area is 107 Å². The first-order valence-corrected chi connectivity index (χ1v) is 6.63. The van der Waals surface area contributed by atoms with Gasteiger partial charge in [0, 0.05) is 24.3 Å². The number of nitrogens with one attached hydrogen (secondary N) is 1. The molecule has 18 heavy (non-hydrogen) atoms. The van der Waals surface area contributed by atoms with E-state index < -0.39 is 0 Å². The summed E-state index contributed by atoms with van der Waals surface area (Å²) < 4.78 is 0. The number of anilines is 1. The lowest BCUT2D eigenvalue weighted by atomic mass is 9.97. The maximum atomic E-state index is 11.9. The maximum Gasteiger partial charge on any atom is 0.239 e. The van der Waals surface area contributed by atoms with Crippen molar-refractivity contribution in [2.45, 2.75) is 31.3 Å². The van der Waals surface area contributed by atoms with Gasteiger partial charge < -0.3 is 16.0 Å². The summed E-state index contributed by atoms with van der Waals surface area (Å²) in [6.07, 6.45) is 3.17. The number of amides is 1. The van der Waals surface area contributed by atoms with E-state index in [1.165, 1.54) is 0 Å². The fourth-order valence-electron chi connectivity index (χ4n) is 2.50. The van der Waals surface area contributed by atoms with Gasteiger partial charge in [0.25, 0.3) is 0 Å². The number of para-hydroxylation sites is 1. The monoisotopic (exact) mass is 245 g/mol. The van der Waals surface area contributed by atoms with Gasteiger partial charge in [-0.05, 0) is 30.9 Å². The van der Waals surface area contributed by atoms with E-state index in [0.717, 1.165) is 37.1 Å². The van der Waals surface area contributed by atoms with Gasteiger partial charge in [-0.3, -0.25) is 4.79 Å². The normalized spacial score (nSPS) is 22.5. The van der Waals surface area contributed by atoms with Crippen molar-refractivity contribution in [3.05, 3.63) is 29.8 Å². The van der Waals surface area contributed by atoms with Crippen molar-refractivity contribution < 1.29 is 4.79 Å². The summed E-state index contributed by atoms with van der Waals surface area (Å²) in [6.45, 7) is 1.30. The first kappa shape index (κ1) is 11.5. The molecule has 1 saturated carbocycles. The number of fused-ring (bicyclic) bond motifs is 1. The first-order chi connectivity index (χ1) is 8.74. The second-order valence-corrected chi connectivity index (χ2v) is 5.22. The summed E-state index contributed by atoms with van der Waals surface area (Å²) in [6, 6.07) is 8.66. The van der Waals surface area contributed by atoms with Crippen LogP contribution in [0, 0.1) is 0 Å². The summed E-state index contributed by atoms with van der Waals surface area (Å²) in [4.78, 5) is 14.0. The number of benzene rings is 1. The number of nitrogens with zero attached hydrogens (tertiary/aromatic N) is 1. The predicted octanol–water partition coefficient (Wildman–Crippen LogP) is 1.18. The molecule has 1 unspecified atom stereocenters. The van der Waals surface area contributed by atoms with Crippen LogP contribution in [0.5, 0.6) is 0 Å². The molecule has 4 nitrogen and oxygen atoms in total. The van der Waals surface area contributed by atoms with Crippen LogP contribution >= 0.6 is 0 Å². The third kappa shape index (κ3) is 2.34. The molecule has 3 rings (SSSR count). The molecule has 96 valence electrons. The van der Waals surface area contributed by atoms with Crippen molar-refractivity contribution in [3.8, 4) is 0 Å². The molecule has 2 aliphatic rings. The van der Waals surface area contributed by atoms with E-state index in [2.05, 4.69) is 22.3 Å². The second kappa shape index (κ2) is 4.61. The fourth-order valence-corrected chi connectivity index (χ4v) is 2.50. The van der Waals surface area contributed by atoms with Crippen molar-refractivity contribution in [2.75, 3.05) is 18.0 Å². The average molecular weight is 245 g/mol. The van der Waals surface area contributed by atoms with E-state index >= 15 is 0 Å². The first-order valence-electron chi connectivity index (χ1n) is 6.63. The maximum absolute atomic E-state index is 11.9. The Morgan fingerprint density at radius 2 is 2.11 bits per heavy atom. The van der Waals surface area contributed by atoms with Gasteiger partial charge >= 0.3 is 0 Å². The van der Waals surface area contributed by atoms with E-state index in [9.17, 15) is 4.79 Å². The SMILES string of the molecule is NC1CCN(CC(=O)NC2CC2)c2ccccc21. The minimum Gasteiger partial charge on any atom is -0.362 e. The third-order valence-electron chi connectivity index (χ3n) is 3.66. The zero-order valence-corrected chi connectivity index (χ0v) is 10.4. The van der Waals surface area contributed by atoms with Crippen molar-refractivity contribution >= 4 is 11.6 Å². The highest BCUT2D eigenvalue weighted by Gasteiger charge is 2.26. The highest BCUT2D eigenvalue weighted by atomic mass is 16.2. The lowest BCUT2D eigenvalue weighted by Crippen LogP contribution is -2.42. The fraction of sp³-hybridized carbons (Fsp3) is 0.500. The molecule has 0 bridgehead atoms. The number of hydrogen-bond acceptors (Lipinski definition) is 3. The number of carbonyl (C=O) groups is 1. The van der Waals surface area contributed by atoms with E-state index in [-0.39, 0.29) is 11.9 Å². The van der Waals surface area contributed by atoms with Crippen molar-refractivity contribution in [1.29, 1.82) is 0 Å². The molecule has 0 spiro atoms. The Kier molecular flexibility index (Phi) is 2.96. The molecule has 1 fully saturated rings. The number of hydrogen-bond donors (Lipinski definition) is 2. The summed E-state index contributed by atoms with van der Waals surface area (Å²) in [5.41, 5.74) is 8.37. The quantitative estimate of drug-likeness (QED) is 0.840. The highest BCUT2D eigenvalue weighted by molar-refractivity contribution is 5.82. The van der Waals surface area contributed by atoms with Gasteiger partial charge in [0.2, 0.25) is 5.91 Å². The molecule has 0 radical (unpaired) electrons. The molecule has 3 N–H and O–H groups in total. The number of nitrogens with two attached hydrogens (primary N) is 1. The van der Waals surface area contributed by atoms with Gasteiger partial charge in [0.05, 0.1) is 6.54 Å². The van der Waals surface area contributed by atoms with Gasteiger partial charge in [0.1, 0.15) is 0 Å². The summed E-state index contributed by atoms with van der Waals surface area (Å²) in [5.74, 6) is 0.128. The topological polar surface area (TPSA) is 58.4 Å². The molecular weight excluding hydrogens is 226 g/mol. The van der Waals surface area contributed by atoms with Crippen molar-refractivity contribution in [2.24, 2.45) is 5.73 Å². The predicted molar refractivity (Wildman–Crippen MR) is 71.4 cm³/mol. The smallest absolute Gasteiger partial charge is 0.239 e. The van der Waals surface area contributed by atoms with Crippen LogP contribution in [0.15, 0.2) is 24.3 Å². The van der Waals surface area contributed by atoms with E-state index in [4.69, 9.17) is 5.73 Å². The summed E-state index contributed by atoms with van der Waals surface area (Å²) >= 11 is 0. The Morgan fingerprint density at radius 1 is 1.33 bits per heavy atom. The Morgan fingerprint density at radius 3 is 2.89 bits per heavy atom. The van der Waals surface area contributed by atoms with Crippen LogP contribution < -0.4 is 16.0 Å². The molecule has 1 aliphatic heterocycles. The molecule has 4 heteroatoms. The van der Waals surface area contributed by atoms with Gasteiger partial charge in [0.15, 0.2) is 0 Å². The van der Waals surface area contributed by atoms with E-state index in [0.29, 0.717) is 12.6 Å². The molecule has 1 aromatic carbocycles. The lowest BCUT2D eigenvalue weighted by molar-refractivity contribution is -0.119. The van der Waals surface area contributed by atoms with Crippen LogP contribution in [0.2, 0.25) is 0 Å². The summed E-state index contributed by atoms with van der Waals surface area (Å²) in [5, 5.41) is 3.03. The van der Waals surface area contributed by atoms with E-state index in [1.54, 1.807) is 0 Å². The average Bonchev–Trinajstić information content (AvgIpc) is 3.17. The van der Waals surface area contributed by atoms with Crippen molar-refractivity contribution in [1.82, 2.24) is 5.32 Å². The molecule has 0 saturated heterocycles. The largest absolute Gasteiger partial charge is 0.362 e. The molecule has 1 aromatic rings. The molecule has 1 atom stereocenters. The molecular formula is C14H19N3O. The Balaban J connectivity index is 1.73. The van der Waals surface area contributed by atoms with Crippen LogP contribution in [-0.2, 0) is 4.79 Å². The summed E-state index contributed by atoms with van der Waals surface area (Å²) in [7, 11) is 0. The van der Waals surface area contributed by atoms with Crippen LogP contribution in [0.25, 0.3) is 0 Å². The van der Waals surface area contributed by atoms with E-state index in [1.807, 2.05) is 12.1 Å². The molecule has 1 aliphatic carbocycles. The van der Waals surface area contributed by atoms with Crippen LogP contribution in [0.3, 0.4) is 0 Å². The number of rotatable bonds is 3. The van der Waals surface area contributed by atoms with Gasteiger partial charge in [-0.2, -0.15) is 0 Å². The lowest BCUT2D eigenvalue weighted by Gasteiger charge is -2.33. The minimum atomic E-state index is 0.101. The van der Waals surface area contributed by atoms with Gasteiger partial charge in [-0.1, -0.05) is 18.2 Å². The second-order valence-electron chi connectivity index (χ2n) is 5.22. The minimum absolute atomic E-state index is 0.101.